The molecule has 1 aromatic carbocycles. The first-order chi connectivity index (χ1) is 8.63. The lowest BCUT2D eigenvalue weighted by Gasteiger charge is -2.03. The second-order valence-electron chi connectivity index (χ2n) is 4.53. The standard InChI is InChI=1S/C13H18N4O/c1-9(2)14-8-12-16-17-13(18-12)15-11-6-4-10(3)5-7-11/h4-7,9,14H,8H2,1-3H3,(H,15,17). The summed E-state index contributed by atoms with van der Waals surface area (Å²) in [5.41, 5.74) is 2.15. The van der Waals surface area contributed by atoms with E-state index in [0.717, 1.165) is 5.69 Å². The van der Waals surface area contributed by atoms with Gasteiger partial charge in [-0.3, -0.25) is 0 Å². The molecule has 0 unspecified atom stereocenters. The van der Waals surface area contributed by atoms with Gasteiger partial charge in [-0.15, -0.1) is 5.10 Å². The molecule has 0 fully saturated rings. The minimum Gasteiger partial charge on any atom is -0.406 e. The molecule has 5 nitrogen and oxygen atoms in total. The van der Waals surface area contributed by atoms with Crippen LogP contribution in [0.5, 0.6) is 0 Å². The van der Waals surface area contributed by atoms with Crippen molar-refractivity contribution in [1.82, 2.24) is 15.5 Å². The number of hydrogen-bond acceptors (Lipinski definition) is 5. The summed E-state index contributed by atoms with van der Waals surface area (Å²) in [5, 5.41) is 14.2. The molecule has 0 atom stereocenters. The van der Waals surface area contributed by atoms with Crippen molar-refractivity contribution in [3.63, 3.8) is 0 Å². The number of nitrogens with one attached hydrogen (secondary N) is 2. The summed E-state index contributed by atoms with van der Waals surface area (Å²) in [6, 6.07) is 8.82. The molecule has 0 spiro atoms. The lowest BCUT2D eigenvalue weighted by molar-refractivity contribution is 0.460. The molecule has 1 aromatic heterocycles. The predicted molar refractivity (Wildman–Crippen MR) is 70.7 cm³/mol. The molecule has 0 aliphatic heterocycles. The van der Waals surface area contributed by atoms with E-state index < -0.39 is 0 Å². The molecular weight excluding hydrogens is 228 g/mol. The van der Waals surface area contributed by atoms with E-state index in [2.05, 4.69) is 34.7 Å². The third-order valence-corrected chi connectivity index (χ3v) is 2.43. The molecule has 0 saturated carbocycles. The van der Waals surface area contributed by atoms with Gasteiger partial charge < -0.3 is 15.1 Å². The van der Waals surface area contributed by atoms with E-state index in [1.165, 1.54) is 5.56 Å². The second kappa shape index (κ2) is 5.64. The van der Waals surface area contributed by atoms with Gasteiger partial charge in [0, 0.05) is 11.7 Å². The van der Waals surface area contributed by atoms with Gasteiger partial charge in [0.1, 0.15) is 0 Å². The first-order valence-corrected chi connectivity index (χ1v) is 6.03. The zero-order chi connectivity index (χ0) is 13.0. The number of benzene rings is 1. The zero-order valence-corrected chi connectivity index (χ0v) is 10.9. The third kappa shape index (κ3) is 3.56. The van der Waals surface area contributed by atoms with Crippen LogP contribution in [0.25, 0.3) is 0 Å². The summed E-state index contributed by atoms with van der Waals surface area (Å²) in [6.07, 6.45) is 0. The van der Waals surface area contributed by atoms with Gasteiger partial charge in [-0.2, -0.15) is 0 Å². The minimum atomic E-state index is 0.394. The van der Waals surface area contributed by atoms with Gasteiger partial charge in [-0.05, 0) is 19.1 Å². The van der Waals surface area contributed by atoms with Crippen molar-refractivity contribution in [2.45, 2.75) is 33.4 Å². The average Bonchev–Trinajstić information content (AvgIpc) is 2.77. The Morgan fingerprint density at radius 3 is 2.56 bits per heavy atom. The van der Waals surface area contributed by atoms with Crippen molar-refractivity contribution in [3.05, 3.63) is 35.7 Å². The van der Waals surface area contributed by atoms with Crippen LogP contribution in [0.3, 0.4) is 0 Å². The van der Waals surface area contributed by atoms with Gasteiger partial charge in [0.25, 0.3) is 0 Å². The fourth-order valence-electron chi connectivity index (χ4n) is 1.43. The fraction of sp³-hybridized carbons (Fsp3) is 0.385. The summed E-state index contributed by atoms with van der Waals surface area (Å²) in [4.78, 5) is 0. The van der Waals surface area contributed by atoms with Gasteiger partial charge in [0.2, 0.25) is 5.89 Å². The monoisotopic (exact) mass is 246 g/mol. The molecule has 0 aliphatic rings. The van der Waals surface area contributed by atoms with Crippen molar-refractivity contribution >= 4 is 11.7 Å². The van der Waals surface area contributed by atoms with E-state index >= 15 is 0 Å². The second-order valence-corrected chi connectivity index (χ2v) is 4.53. The molecule has 0 aliphatic carbocycles. The van der Waals surface area contributed by atoms with Crippen LogP contribution < -0.4 is 10.6 Å². The van der Waals surface area contributed by atoms with Crippen LogP contribution in [0.2, 0.25) is 0 Å². The summed E-state index contributed by atoms with van der Waals surface area (Å²) >= 11 is 0. The van der Waals surface area contributed by atoms with Crippen molar-refractivity contribution in [2.24, 2.45) is 0 Å². The highest BCUT2D eigenvalue weighted by molar-refractivity contribution is 5.52. The largest absolute Gasteiger partial charge is 0.406 e. The van der Waals surface area contributed by atoms with E-state index in [0.29, 0.717) is 24.5 Å². The van der Waals surface area contributed by atoms with Crippen LogP contribution >= 0.6 is 0 Å². The van der Waals surface area contributed by atoms with E-state index in [1.54, 1.807) is 0 Å². The number of hydrogen-bond donors (Lipinski definition) is 2. The van der Waals surface area contributed by atoms with Crippen LogP contribution in [-0.4, -0.2) is 16.2 Å². The fourth-order valence-corrected chi connectivity index (χ4v) is 1.43. The molecular formula is C13H18N4O. The van der Waals surface area contributed by atoms with Crippen LogP contribution in [-0.2, 0) is 6.54 Å². The van der Waals surface area contributed by atoms with Crippen molar-refractivity contribution in [3.8, 4) is 0 Å². The quantitative estimate of drug-likeness (QED) is 0.849. The maximum atomic E-state index is 5.47. The normalized spacial score (nSPS) is 10.9. The Morgan fingerprint density at radius 1 is 1.17 bits per heavy atom. The molecule has 0 radical (unpaired) electrons. The molecule has 18 heavy (non-hydrogen) atoms. The number of aryl methyl sites for hydroxylation is 1. The summed E-state index contributed by atoms with van der Waals surface area (Å²) < 4.78 is 5.47. The Labute approximate surface area is 107 Å². The Morgan fingerprint density at radius 2 is 1.89 bits per heavy atom. The molecule has 1 heterocycles. The topological polar surface area (TPSA) is 63.0 Å². The average molecular weight is 246 g/mol. The highest BCUT2D eigenvalue weighted by Crippen LogP contribution is 2.15. The molecule has 2 N–H and O–H groups in total. The first-order valence-electron chi connectivity index (χ1n) is 6.03. The van der Waals surface area contributed by atoms with Gasteiger partial charge in [0.05, 0.1) is 6.54 Å². The molecule has 2 rings (SSSR count). The van der Waals surface area contributed by atoms with Crippen molar-refractivity contribution < 1.29 is 4.42 Å². The van der Waals surface area contributed by atoms with E-state index in [1.807, 2.05) is 31.2 Å². The molecule has 2 aromatic rings. The Balaban J connectivity index is 1.95. The molecule has 96 valence electrons. The Kier molecular flexibility index (Phi) is 3.94. The minimum absolute atomic E-state index is 0.394. The summed E-state index contributed by atoms with van der Waals surface area (Å²) in [5.74, 6) is 0.582. The zero-order valence-electron chi connectivity index (χ0n) is 10.9. The lowest BCUT2D eigenvalue weighted by atomic mass is 10.2. The van der Waals surface area contributed by atoms with Crippen LogP contribution in [0.1, 0.15) is 25.3 Å². The van der Waals surface area contributed by atoms with E-state index in [-0.39, 0.29) is 0 Å². The van der Waals surface area contributed by atoms with Gasteiger partial charge in [-0.25, -0.2) is 0 Å². The van der Waals surface area contributed by atoms with Crippen LogP contribution in [0.15, 0.2) is 28.7 Å². The SMILES string of the molecule is Cc1ccc(Nc2nnc(CNC(C)C)o2)cc1. The summed E-state index contributed by atoms with van der Waals surface area (Å²) in [6.45, 7) is 6.77. The van der Waals surface area contributed by atoms with Crippen LogP contribution in [0, 0.1) is 6.92 Å². The maximum Gasteiger partial charge on any atom is 0.320 e. The smallest absolute Gasteiger partial charge is 0.320 e. The Bertz CT molecular complexity index is 490. The van der Waals surface area contributed by atoms with Gasteiger partial charge in [-0.1, -0.05) is 36.6 Å². The van der Waals surface area contributed by atoms with E-state index in [9.17, 15) is 0 Å². The Hall–Kier alpha value is -1.88. The number of anilines is 2. The van der Waals surface area contributed by atoms with Crippen molar-refractivity contribution in [2.75, 3.05) is 5.32 Å². The maximum absolute atomic E-state index is 5.47. The third-order valence-electron chi connectivity index (χ3n) is 2.43. The highest BCUT2D eigenvalue weighted by atomic mass is 16.4. The number of rotatable bonds is 5. The van der Waals surface area contributed by atoms with Gasteiger partial charge >= 0.3 is 6.01 Å². The number of nitrogens with zero attached hydrogens (tertiary/aromatic N) is 2. The number of aromatic nitrogens is 2. The first kappa shape index (κ1) is 12.6. The van der Waals surface area contributed by atoms with Gasteiger partial charge in [0.15, 0.2) is 0 Å². The highest BCUT2D eigenvalue weighted by Gasteiger charge is 2.06. The predicted octanol–water partition coefficient (Wildman–Crippen LogP) is 2.62. The van der Waals surface area contributed by atoms with Crippen molar-refractivity contribution in [1.29, 1.82) is 0 Å². The molecule has 0 bridgehead atoms. The molecule has 0 saturated heterocycles. The molecule has 0 amide bonds. The summed E-state index contributed by atoms with van der Waals surface area (Å²) in [7, 11) is 0. The lowest BCUT2D eigenvalue weighted by Crippen LogP contribution is -2.21. The van der Waals surface area contributed by atoms with E-state index in [4.69, 9.17) is 4.42 Å². The van der Waals surface area contributed by atoms with Crippen LogP contribution in [0.4, 0.5) is 11.7 Å². The molecule has 5 heteroatoms.